The molecule has 0 radical (unpaired) electrons. The maximum absolute atomic E-state index is 12.6. The number of nitrogens with zero attached hydrogens (tertiary/aromatic N) is 4. The van der Waals surface area contributed by atoms with Crippen LogP contribution in [-0.4, -0.2) is 48.9 Å². The number of aromatic nitrogens is 2. The smallest absolute Gasteiger partial charge is 0.244 e. The molecule has 1 aromatic carbocycles. The first-order valence-corrected chi connectivity index (χ1v) is 8.66. The second kappa shape index (κ2) is 6.20. The number of benzene rings is 1. The SMILES string of the molecule is O=S(=O)(c1ccccc1Cl)N1CCN(c2cnccn2)CC1. The monoisotopic (exact) mass is 338 g/mol. The van der Waals surface area contributed by atoms with Crippen LogP contribution in [0.3, 0.4) is 0 Å². The van der Waals surface area contributed by atoms with E-state index in [1.54, 1.807) is 36.8 Å². The molecule has 0 spiro atoms. The van der Waals surface area contributed by atoms with Gasteiger partial charge in [0.25, 0.3) is 0 Å². The second-order valence-corrected chi connectivity index (χ2v) is 7.20. The Kier molecular flexibility index (Phi) is 4.28. The zero-order chi connectivity index (χ0) is 15.6. The van der Waals surface area contributed by atoms with Gasteiger partial charge in [-0.25, -0.2) is 13.4 Å². The number of hydrogen-bond donors (Lipinski definition) is 0. The van der Waals surface area contributed by atoms with E-state index in [9.17, 15) is 8.42 Å². The summed E-state index contributed by atoms with van der Waals surface area (Å²) in [5.41, 5.74) is 0. The fourth-order valence-corrected chi connectivity index (χ4v) is 4.32. The minimum atomic E-state index is -3.56. The van der Waals surface area contributed by atoms with Crippen molar-refractivity contribution in [3.8, 4) is 0 Å². The molecule has 1 fully saturated rings. The summed E-state index contributed by atoms with van der Waals surface area (Å²) in [6.45, 7) is 1.93. The van der Waals surface area contributed by atoms with E-state index in [0.717, 1.165) is 5.82 Å². The third-order valence-corrected chi connectivity index (χ3v) is 5.97. The molecule has 8 heteroatoms. The molecule has 0 unspecified atom stereocenters. The molecule has 0 amide bonds. The van der Waals surface area contributed by atoms with Gasteiger partial charge in [0.05, 0.1) is 11.2 Å². The topological polar surface area (TPSA) is 66.4 Å². The quantitative estimate of drug-likeness (QED) is 0.851. The average molecular weight is 339 g/mol. The summed E-state index contributed by atoms with van der Waals surface area (Å²) in [5.74, 6) is 0.761. The first kappa shape index (κ1) is 15.2. The molecule has 116 valence electrons. The van der Waals surface area contributed by atoms with E-state index in [-0.39, 0.29) is 9.92 Å². The molecule has 1 saturated heterocycles. The first-order valence-electron chi connectivity index (χ1n) is 6.85. The van der Waals surface area contributed by atoms with Crippen molar-refractivity contribution >= 4 is 27.4 Å². The number of hydrogen-bond acceptors (Lipinski definition) is 5. The van der Waals surface area contributed by atoms with Crippen molar-refractivity contribution in [3.63, 3.8) is 0 Å². The Morgan fingerprint density at radius 2 is 1.77 bits per heavy atom. The normalized spacial score (nSPS) is 16.7. The van der Waals surface area contributed by atoms with Crippen molar-refractivity contribution in [2.75, 3.05) is 31.1 Å². The number of halogens is 1. The average Bonchev–Trinajstić information content (AvgIpc) is 2.56. The van der Waals surface area contributed by atoms with Crippen LogP contribution in [0.5, 0.6) is 0 Å². The van der Waals surface area contributed by atoms with Crippen LogP contribution >= 0.6 is 11.6 Å². The highest BCUT2D eigenvalue weighted by molar-refractivity contribution is 7.89. The van der Waals surface area contributed by atoms with E-state index in [0.29, 0.717) is 26.2 Å². The van der Waals surface area contributed by atoms with Gasteiger partial charge >= 0.3 is 0 Å². The molecule has 1 aromatic heterocycles. The van der Waals surface area contributed by atoms with Gasteiger partial charge in [-0.2, -0.15) is 4.31 Å². The van der Waals surface area contributed by atoms with Crippen molar-refractivity contribution in [1.29, 1.82) is 0 Å². The molecule has 0 aliphatic carbocycles. The van der Waals surface area contributed by atoms with E-state index >= 15 is 0 Å². The summed E-state index contributed by atoms with van der Waals surface area (Å²) < 4.78 is 26.8. The highest BCUT2D eigenvalue weighted by Crippen LogP contribution is 2.25. The number of piperazine rings is 1. The van der Waals surface area contributed by atoms with Gasteiger partial charge in [0.2, 0.25) is 10.0 Å². The molecular formula is C14H15ClN4O2S. The van der Waals surface area contributed by atoms with Crippen LogP contribution in [0, 0.1) is 0 Å². The molecule has 0 N–H and O–H groups in total. The molecule has 1 aliphatic rings. The van der Waals surface area contributed by atoms with Crippen LogP contribution in [0.1, 0.15) is 0 Å². The zero-order valence-electron chi connectivity index (χ0n) is 11.8. The van der Waals surface area contributed by atoms with Gasteiger partial charge in [-0.1, -0.05) is 23.7 Å². The summed E-state index contributed by atoms with van der Waals surface area (Å²) in [6.07, 6.45) is 4.92. The molecule has 2 heterocycles. The van der Waals surface area contributed by atoms with Crippen molar-refractivity contribution < 1.29 is 8.42 Å². The van der Waals surface area contributed by atoms with Gasteiger partial charge in [0.15, 0.2) is 0 Å². The van der Waals surface area contributed by atoms with Gasteiger partial charge < -0.3 is 4.90 Å². The predicted octanol–water partition coefficient (Wildman–Crippen LogP) is 1.64. The minimum absolute atomic E-state index is 0.157. The van der Waals surface area contributed by atoms with Crippen molar-refractivity contribution in [1.82, 2.24) is 14.3 Å². The van der Waals surface area contributed by atoms with Gasteiger partial charge in [0.1, 0.15) is 10.7 Å². The van der Waals surface area contributed by atoms with E-state index in [1.165, 1.54) is 10.4 Å². The van der Waals surface area contributed by atoms with Gasteiger partial charge in [-0.15, -0.1) is 0 Å². The van der Waals surface area contributed by atoms with Crippen LogP contribution in [-0.2, 0) is 10.0 Å². The Balaban J connectivity index is 1.75. The van der Waals surface area contributed by atoms with Crippen LogP contribution in [0.15, 0.2) is 47.8 Å². The summed E-state index contributed by atoms with van der Waals surface area (Å²) in [5, 5.41) is 0.249. The summed E-state index contributed by atoms with van der Waals surface area (Å²) in [6, 6.07) is 6.51. The van der Waals surface area contributed by atoms with Crippen LogP contribution < -0.4 is 4.90 Å². The molecular weight excluding hydrogens is 324 g/mol. The molecule has 2 aromatic rings. The lowest BCUT2D eigenvalue weighted by Crippen LogP contribution is -2.49. The van der Waals surface area contributed by atoms with Crippen LogP contribution in [0.4, 0.5) is 5.82 Å². The third kappa shape index (κ3) is 2.92. The Bertz CT molecular complexity index is 746. The van der Waals surface area contributed by atoms with Crippen molar-refractivity contribution in [2.24, 2.45) is 0 Å². The molecule has 3 rings (SSSR count). The molecule has 22 heavy (non-hydrogen) atoms. The Morgan fingerprint density at radius 3 is 2.41 bits per heavy atom. The lowest BCUT2D eigenvalue weighted by Gasteiger charge is -2.34. The Hall–Kier alpha value is -1.70. The largest absolute Gasteiger partial charge is 0.353 e. The Labute approximate surface area is 134 Å². The number of anilines is 1. The minimum Gasteiger partial charge on any atom is -0.353 e. The van der Waals surface area contributed by atoms with Crippen molar-refractivity contribution in [3.05, 3.63) is 47.9 Å². The summed E-state index contributed by atoms with van der Waals surface area (Å²) in [7, 11) is -3.56. The summed E-state index contributed by atoms with van der Waals surface area (Å²) >= 11 is 6.02. The number of rotatable bonds is 3. The third-order valence-electron chi connectivity index (χ3n) is 3.57. The first-order chi connectivity index (χ1) is 10.6. The molecule has 1 aliphatic heterocycles. The Morgan fingerprint density at radius 1 is 1.05 bits per heavy atom. The summed E-state index contributed by atoms with van der Waals surface area (Å²) in [4.78, 5) is 10.4. The molecule has 6 nitrogen and oxygen atoms in total. The maximum Gasteiger partial charge on any atom is 0.244 e. The fraction of sp³-hybridized carbons (Fsp3) is 0.286. The predicted molar refractivity (Wildman–Crippen MR) is 84.5 cm³/mol. The lowest BCUT2D eigenvalue weighted by atomic mass is 10.3. The van der Waals surface area contributed by atoms with E-state index in [1.807, 2.05) is 4.90 Å². The van der Waals surface area contributed by atoms with E-state index < -0.39 is 10.0 Å². The fourth-order valence-electron chi connectivity index (χ4n) is 2.41. The van der Waals surface area contributed by atoms with Crippen LogP contribution in [0.2, 0.25) is 5.02 Å². The molecule has 0 atom stereocenters. The molecule has 0 saturated carbocycles. The standard InChI is InChI=1S/C14H15ClN4O2S/c15-12-3-1-2-4-13(12)22(20,21)19-9-7-18(8-10-19)14-11-16-5-6-17-14/h1-6,11H,7-10H2. The number of sulfonamides is 1. The highest BCUT2D eigenvalue weighted by Gasteiger charge is 2.30. The maximum atomic E-state index is 12.6. The van der Waals surface area contributed by atoms with Gasteiger partial charge in [-0.3, -0.25) is 4.98 Å². The van der Waals surface area contributed by atoms with E-state index in [4.69, 9.17) is 11.6 Å². The second-order valence-electron chi connectivity index (χ2n) is 4.89. The van der Waals surface area contributed by atoms with Crippen molar-refractivity contribution in [2.45, 2.75) is 4.90 Å². The van der Waals surface area contributed by atoms with E-state index in [2.05, 4.69) is 9.97 Å². The van der Waals surface area contributed by atoms with Gasteiger partial charge in [-0.05, 0) is 12.1 Å². The molecule has 0 bridgehead atoms. The van der Waals surface area contributed by atoms with Gasteiger partial charge in [0, 0.05) is 38.6 Å². The van der Waals surface area contributed by atoms with Crippen LogP contribution in [0.25, 0.3) is 0 Å². The zero-order valence-corrected chi connectivity index (χ0v) is 13.3. The lowest BCUT2D eigenvalue weighted by molar-refractivity contribution is 0.383. The highest BCUT2D eigenvalue weighted by atomic mass is 35.5.